The van der Waals surface area contributed by atoms with Crippen LogP contribution in [0.3, 0.4) is 0 Å². The number of aliphatic hydroxyl groups is 1. The lowest BCUT2D eigenvalue weighted by Crippen LogP contribution is -2.16. The van der Waals surface area contributed by atoms with Crippen LogP contribution in [-0.4, -0.2) is 25.9 Å². The van der Waals surface area contributed by atoms with E-state index in [9.17, 15) is 15.0 Å². The van der Waals surface area contributed by atoms with E-state index in [-0.39, 0.29) is 16.2 Å². The van der Waals surface area contributed by atoms with Crippen molar-refractivity contribution in [3.05, 3.63) is 56.1 Å². The minimum absolute atomic E-state index is 0.0134. The van der Waals surface area contributed by atoms with Gasteiger partial charge in [-0.25, -0.2) is 0 Å². The number of nitrogens with zero attached hydrogens (tertiary/aromatic N) is 1. The summed E-state index contributed by atoms with van der Waals surface area (Å²) >= 11 is 10.9. The Hall–Kier alpha value is -1.89. The van der Waals surface area contributed by atoms with E-state index in [4.69, 9.17) is 23.8 Å². The molecule has 1 atom stereocenters. The summed E-state index contributed by atoms with van der Waals surface area (Å²) < 4.78 is 1.38. The first-order valence-electron chi connectivity index (χ1n) is 6.10. The van der Waals surface area contributed by atoms with Crippen LogP contribution < -0.4 is 5.56 Å². The van der Waals surface area contributed by atoms with Crippen LogP contribution in [0, 0.1) is 4.77 Å². The first kappa shape index (κ1) is 15.5. The largest absolute Gasteiger partial charge is 0.494 e. The molecule has 2 aromatic rings. The highest BCUT2D eigenvalue weighted by molar-refractivity contribution is 7.71. The third-order valence-electron chi connectivity index (χ3n) is 2.75. The average molecular weight is 325 g/mol. The molecule has 1 aromatic carbocycles. The molecule has 2 rings (SSSR count). The van der Waals surface area contributed by atoms with Gasteiger partial charge in [-0.05, 0) is 49.5 Å². The van der Waals surface area contributed by atoms with Gasteiger partial charge in [-0.1, -0.05) is 17.7 Å². The summed E-state index contributed by atoms with van der Waals surface area (Å²) in [5.74, 6) is -0.303. The number of nitrogens with one attached hydrogen (secondary N) is 1. The molecule has 0 saturated heterocycles. The summed E-state index contributed by atoms with van der Waals surface area (Å²) in [7, 11) is 0. The van der Waals surface area contributed by atoms with Crippen molar-refractivity contribution in [1.82, 2.24) is 9.55 Å². The minimum atomic E-state index is -0.740. The van der Waals surface area contributed by atoms with Gasteiger partial charge in [0.25, 0.3) is 5.56 Å². The highest BCUT2D eigenvalue weighted by Crippen LogP contribution is 2.21. The normalized spacial score (nSPS) is 12.7. The molecular weight excluding hydrogens is 312 g/mol. The van der Waals surface area contributed by atoms with Gasteiger partial charge < -0.3 is 10.2 Å². The molecule has 0 radical (unpaired) electrons. The van der Waals surface area contributed by atoms with Crippen molar-refractivity contribution in [2.24, 2.45) is 0 Å². The van der Waals surface area contributed by atoms with E-state index in [1.807, 2.05) is 0 Å². The van der Waals surface area contributed by atoms with Crippen LogP contribution in [0.2, 0.25) is 5.02 Å². The maximum atomic E-state index is 11.9. The lowest BCUT2D eigenvalue weighted by atomic mass is 10.2. The molecular formula is C14H13ClN2O3S. The molecule has 7 heteroatoms. The summed E-state index contributed by atoms with van der Waals surface area (Å²) in [6.45, 7) is 1.54. The minimum Gasteiger partial charge on any atom is -0.494 e. The number of aromatic hydroxyl groups is 1. The Morgan fingerprint density at radius 1 is 1.38 bits per heavy atom. The maximum Gasteiger partial charge on any atom is 0.262 e. The highest BCUT2D eigenvalue weighted by Gasteiger charge is 2.11. The van der Waals surface area contributed by atoms with E-state index in [2.05, 4.69) is 4.98 Å². The Morgan fingerprint density at radius 3 is 2.57 bits per heavy atom. The second kappa shape index (κ2) is 6.26. The van der Waals surface area contributed by atoms with Crippen LogP contribution >= 0.6 is 23.8 Å². The van der Waals surface area contributed by atoms with Gasteiger partial charge in [0.1, 0.15) is 5.56 Å². The fourth-order valence-corrected chi connectivity index (χ4v) is 2.16. The Morgan fingerprint density at radius 2 is 2.00 bits per heavy atom. The number of hydrogen-bond acceptors (Lipinski definition) is 4. The number of hydrogen-bond donors (Lipinski definition) is 3. The summed E-state index contributed by atoms with van der Waals surface area (Å²) in [6, 6.07) is 6.62. The molecule has 0 fully saturated rings. The van der Waals surface area contributed by atoms with E-state index in [0.29, 0.717) is 10.7 Å². The number of benzene rings is 1. The Balaban J connectivity index is 2.67. The summed E-state index contributed by atoms with van der Waals surface area (Å²) in [5, 5.41) is 20.1. The fourth-order valence-electron chi connectivity index (χ4n) is 1.75. The standard InChI is InChI=1S/C14H13ClN2O3S/c1-8(18)2-7-11-12(19)16-14(21)17(13(11)20)10-5-3-9(15)4-6-10/h2-8,18,20H,1H3,(H,16,19,21). The van der Waals surface area contributed by atoms with E-state index in [1.54, 1.807) is 24.3 Å². The predicted octanol–water partition coefficient (Wildman–Crippen LogP) is 2.65. The molecule has 0 aliphatic rings. The van der Waals surface area contributed by atoms with Crippen molar-refractivity contribution in [2.75, 3.05) is 0 Å². The van der Waals surface area contributed by atoms with Gasteiger partial charge in [0.15, 0.2) is 4.77 Å². The average Bonchev–Trinajstić information content (AvgIpc) is 2.40. The monoisotopic (exact) mass is 324 g/mol. The molecule has 0 aliphatic heterocycles. The number of aliphatic hydroxyl groups excluding tert-OH is 1. The van der Waals surface area contributed by atoms with Crippen molar-refractivity contribution in [3.63, 3.8) is 0 Å². The molecule has 0 saturated carbocycles. The topological polar surface area (TPSA) is 78.2 Å². The third kappa shape index (κ3) is 3.41. The number of aromatic nitrogens is 2. The SMILES string of the molecule is CC(O)C=Cc1c(O)n(-c2ccc(Cl)cc2)c(=S)[nH]c1=O. The molecule has 0 amide bonds. The zero-order valence-corrected chi connectivity index (χ0v) is 12.6. The van der Waals surface area contributed by atoms with E-state index in [0.717, 1.165) is 0 Å². The smallest absolute Gasteiger partial charge is 0.262 e. The van der Waals surface area contributed by atoms with Crippen LogP contribution in [0.25, 0.3) is 11.8 Å². The number of halogens is 1. The molecule has 1 aromatic heterocycles. The van der Waals surface area contributed by atoms with Gasteiger partial charge in [-0.3, -0.25) is 14.3 Å². The highest BCUT2D eigenvalue weighted by atomic mass is 35.5. The van der Waals surface area contributed by atoms with E-state index in [1.165, 1.54) is 23.6 Å². The van der Waals surface area contributed by atoms with Gasteiger partial charge in [0.05, 0.1) is 11.8 Å². The van der Waals surface area contributed by atoms with Crippen LogP contribution in [-0.2, 0) is 0 Å². The lowest BCUT2D eigenvalue weighted by molar-refractivity contribution is 0.245. The molecule has 110 valence electrons. The zero-order valence-electron chi connectivity index (χ0n) is 11.1. The summed E-state index contributed by atoms with van der Waals surface area (Å²) in [5.41, 5.74) is 0.0453. The number of H-pyrrole nitrogens is 1. The van der Waals surface area contributed by atoms with Crippen LogP contribution in [0.4, 0.5) is 0 Å². The fraction of sp³-hybridized carbons (Fsp3) is 0.143. The summed E-state index contributed by atoms with van der Waals surface area (Å²) in [6.07, 6.45) is 2.00. The molecule has 1 unspecified atom stereocenters. The second-order valence-electron chi connectivity index (χ2n) is 4.41. The zero-order chi connectivity index (χ0) is 15.6. The van der Waals surface area contributed by atoms with E-state index < -0.39 is 11.7 Å². The van der Waals surface area contributed by atoms with Crippen molar-refractivity contribution in [1.29, 1.82) is 0 Å². The van der Waals surface area contributed by atoms with Gasteiger partial charge in [0, 0.05) is 5.02 Å². The lowest BCUT2D eigenvalue weighted by Gasteiger charge is -2.11. The Labute approximate surface area is 130 Å². The first-order chi connectivity index (χ1) is 9.90. The molecule has 5 nitrogen and oxygen atoms in total. The van der Waals surface area contributed by atoms with Crippen molar-refractivity contribution >= 4 is 29.9 Å². The molecule has 21 heavy (non-hydrogen) atoms. The van der Waals surface area contributed by atoms with Gasteiger partial charge in [0.2, 0.25) is 5.88 Å². The molecule has 0 spiro atoms. The van der Waals surface area contributed by atoms with Gasteiger partial charge in [-0.15, -0.1) is 0 Å². The Bertz CT molecular complexity index is 791. The molecule has 0 aliphatic carbocycles. The van der Waals surface area contributed by atoms with Crippen molar-refractivity contribution in [2.45, 2.75) is 13.0 Å². The van der Waals surface area contributed by atoms with Crippen LogP contribution in [0.15, 0.2) is 35.1 Å². The molecule has 3 N–H and O–H groups in total. The van der Waals surface area contributed by atoms with Gasteiger partial charge in [-0.2, -0.15) is 0 Å². The number of rotatable bonds is 3. The second-order valence-corrected chi connectivity index (χ2v) is 5.23. The Kier molecular flexibility index (Phi) is 4.62. The number of aromatic amines is 1. The predicted molar refractivity (Wildman–Crippen MR) is 84.6 cm³/mol. The molecule has 1 heterocycles. The molecule has 0 bridgehead atoms. The van der Waals surface area contributed by atoms with Crippen molar-refractivity contribution in [3.8, 4) is 11.6 Å². The van der Waals surface area contributed by atoms with Gasteiger partial charge >= 0.3 is 0 Å². The van der Waals surface area contributed by atoms with Crippen LogP contribution in [0.1, 0.15) is 12.5 Å². The quantitative estimate of drug-likeness (QED) is 0.758. The maximum absolute atomic E-state index is 11.9. The third-order valence-corrected chi connectivity index (χ3v) is 3.28. The van der Waals surface area contributed by atoms with E-state index >= 15 is 0 Å². The van der Waals surface area contributed by atoms with Crippen LogP contribution in [0.5, 0.6) is 5.88 Å². The van der Waals surface area contributed by atoms with Crippen molar-refractivity contribution < 1.29 is 10.2 Å². The first-order valence-corrected chi connectivity index (χ1v) is 6.89. The summed E-state index contributed by atoms with van der Waals surface area (Å²) in [4.78, 5) is 14.3.